The molecule has 0 aliphatic carbocycles. The van der Waals surface area contributed by atoms with Gasteiger partial charge in [0.15, 0.2) is 0 Å². The van der Waals surface area contributed by atoms with E-state index in [0.29, 0.717) is 50.3 Å². The Morgan fingerprint density at radius 1 is 0.253 bits per heavy atom. The van der Waals surface area contributed by atoms with Gasteiger partial charge in [0.1, 0.15) is 0 Å². The Bertz CT molecular complexity index is 10200. The van der Waals surface area contributed by atoms with Crippen LogP contribution in [-0.4, -0.2) is 65.3 Å². The number of rotatable bonds is 6. The van der Waals surface area contributed by atoms with Crippen LogP contribution in [0.15, 0.2) is 48.5 Å². The van der Waals surface area contributed by atoms with Crippen molar-refractivity contribution in [1.82, 2.24) is 14.7 Å². The number of alkyl halides is 6. The molecule has 0 aromatic heterocycles. The molecule has 878 valence electrons. The Labute approximate surface area is 1170 Å². The van der Waals surface area contributed by atoms with E-state index in [2.05, 4.69) is 0 Å². The zero-order chi connectivity index (χ0) is 108. The molecule has 0 spiro atoms. The number of carbonyl (C=O) groups excluding carboxylic acids is 2. The Balaban J connectivity index is 0.00000113. The van der Waals surface area contributed by atoms with E-state index < -0.39 is 29.5 Å². The average molecular weight is 4060 g/mol. The molecule has 2 heterocycles. The predicted octanol–water partition coefficient (Wildman–Crippen LogP) is 6.37. The second-order valence-electron chi connectivity index (χ2n) is 18.9. The van der Waals surface area contributed by atoms with Crippen molar-refractivity contribution in [2.45, 2.75) is 64.5 Å². The highest BCUT2D eigenvalue weighted by molar-refractivity contribution is 8.88. The highest BCUT2D eigenvalue weighted by atomic mass is 33.6. The van der Waals surface area contributed by atoms with Crippen LogP contribution in [0, 0.1) is 11.8 Å². The summed E-state index contributed by atoms with van der Waals surface area (Å²) in [5.41, 5.74) is -0.548. The zero-order valence-corrected chi connectivity index (χ0v) is 156. The van der Waals surface area contributed by atoms with Crippen LogP contribution in [0.3, 0.4) is 0 Å². The van der Waals surface area contributed by atoms with Crippen molar-refractivity contribution in [1.29, 1.82) is 0 Å². The number of piperazine rings is 1. The minimum Gasteiger partial charge on any atom is -0.343 e. The molecule has 150 heavy (non-hydrogen) atoms. The van der Waals surface area contributed by atoms with Crippen LogP contribution in [0.4, 0.5) is 26.3 Å². The monoisotopic (exact) mass is 4050 g/mol. The van der Waals surface area contributed by atoms with Crippen molar-refractivity contribution in [2.75, 3.05) is 32.7 Å². The summed E-state index contributed by atoms with van der Waals surface area (Å²) in [6.45, 7) is 8.04. The zero-order valence-electron chi connectivity index (χ0n) is 68.1. The number of benzene rings is 2. The van der Waals surface area contributed by atoms with E-state index in [1.165, 1.54) is 42.0 Å². The van der Waals surface area contributed by atoms with Gasteiger partial charge < -0.3 is 9.80 Å². The molecule has 2 fully saturated rings. The number of piperidine rings is 1. The smallest absolute Gasteiger partial charge is 0.343 e. The van der Waals surface area contributed by atoms with Crippen molar-refractivity contribution in [3.05, 3.63) is 70.8 Å². The molecule has 1 atom stereocenters. The van der Waals surface area contributed by atoms with Gasteiger partial charge >= 0.3 is 12.4 Å². The van der Waals surface area contributed by atoms with Gasteiger partial charge in [-0.05, 0) is 60.1 Å². The van der Waals surface area contributed by atoms with Gasteiger partial charge in [0, 0.05) is 1020 Å². The number of hydrogen-bond donors (Lipinski definition) is 0. The van der Waals surface area contributed by atoms with Crippen LogP contribution < -0.4 is 0 Å². The van der Waals surface area contributed by atoms with Crippen LogP contribution in [0.2, 0.25) is 0 Å². The summed E-state index contributed by atoms with van der Waals surface area (Å²) >= 11 is 9.66. The molecule has 0 N–H and O–H groups in total. The summed E-state index contributed by atoms with van der Waals surface area (Å²) in [5.74, 6) is 0.324. The van der Waals surface area contributed by atoms with E-state index in [1.807, 2.05) is 841 Å². The summed E-state index contributed by atoms with van der Waals surface area (Å²) in [5, 5.41) is 0. The van der Waals surface area contributed by atoms with Gasteiger partial charge in [-0.1, -0.05) is 38.1 Å². The van der Waals surface area contributed by atoms with E-state index in [-0.39, 0.29) is 29.7 Å². The number of nitrogens with zero attached hydrogens (tertiary/aromatic N) is 3. The third-order valence-corrected chi connectivity index (χ3v) is 245. The molecule has 2 aliphatic heterocycles. The van der Waals surface area contributed by atoms with Crippen molar-refractivity contribution in [2.24, 2.45) is 11.8 Å². The quantitative estimate of drug-likeness (QED) is 0.315. The Morgan fingerprint density at radius 2 is 0.407 bits per heavy atom. The highest BCUT2D eigenvalue weighted by Gasteiger charge is 2.38. The first-order valence-corrected chi connectivity index (χ1v) is 175. The summed E-state index contributed by atoms with van der Waals surface area (Å²) in [6.07, 6.45) is -7.11. The minimum atomic E-state index is -4.51. The molecule has 2 aromatic carbocycles. The Kier molecular flexibility index (Phi) is 141. The number of carbonyl (C=O) groups is 2. The molecule has 2 amide bonds. The number of amides is 2. The third-order valence-electron chi connectivity index (χ3n) is 11.5. The molecule has 5 nitrogen and oxygen atoms in total. The van der Waals surface area contributed by atoms with Crippen LogP contribution in [0.5, 0.6) is 0 Å². The number of hydrogen-bond acceptors (Lipinski definition) is 5. The molecule has 2 aliphatic rings. The summed E-state index contributed by atoms with van der Waals surface area (Å²) in [7, 11) is 192. The molecule has 0 radical (unpaired) electrons. The number of likely N-dealkylation sites (tertiary alicyclic amines) is 1. The van der Waals surface area contributed by atoms with E-state index in [0.717, 1.165) is 37.1 Å². The highest BCUT2D eigenvalue weighted by Crippen LogP contribution is 2.37. The van der Waals surface area contributed by atoms with Gasteiger partial charge in [-0.25, -0.2) is 0 Å². The lowest BCUT2D eigenvalue weighted by Crippen LogP contribution is -2.58. The van der Waals surface area contributed by atoms with Gasteiger partial charge in [0.05, 0.1) is 17.2 Å². The lowest BCUT2D eigenvalue weighted by molar-refractivity contribution is -0.140. The fraction of sp³-hybridized carbons (Fsp3) is 0.548. The Hall–Kier alpha value is 20.7. The molecule has 0 unspecified atom stereocenters. The maximum absolute atomic E-state index is 13.5. The second kappa shape index (κ2) is 129. The van der Waals surface area contributed by atoms with E-state index in [1.54, 1.807) is 118 Å². The van der Waals surface area contributed by atoms with Crippen LogP contribution >= 0.6 is 0 Å². The molecule has 0 bridgehead atoms. The third kappa shape index (κ3) is 109. The van der Waals surface area contributed by atoms with E-state index >= 15 is 0 Å². The first-order chi connectivity index (χ1) is 73.6. The molecule has 0 saturated carbocycles. The summed E-state index contributed by atoms with van der Waals surface area (Å²) in [4.78, 5) is 30.9. The predicted molar refractivity (Wildman–Crippen MR) is 942 cm³/mol. The average Bonchev–Trinajstić information content (AvgIpc) is 0.779. The van der Waals surface area contributed by atoms with Crippen LogP contribution in [0.1, 0.15) is 68.3 Å². The van der Waals surface area contributed by atoms with E-state index in [4.69, 9.17) is 22.4 Å². The van der Waals surface area contributed by atoms with Gasteiger partial charge in [-0.15, -0.1) is 0 Å². The van der Waals surface area contributed by atoms with Gasteiger partial charge in [0.2, 0.25) is 11.8 Å². The summed E-state index contributed by atoms with van der Waals surface area (Å²) < 4.78 is 79.6. The van der Waals surface area contributed by atoms with Crippen molar-refractivity contribution >= 4 is 976 Å². The topological polar surface area (TPSA) is 43.9 Å². The van der Waals surface area contributed by atoms with Gasteiger partial charge in [-0.3, -0.25) is 14.5 Å². The molecule has 2 aromatic rings. The second-order valence-corrected chi connectivity index (χ2v) is 206. The van der Waals surface area contributed by atoms with Crippen molar-refractivity contribution < 1.29 is 35.9 Å². The largest absolute Gasteiger partial charge is 0.416 e. The van der Waals surface area contributed by atoms with Gasteiger partial charge in [-0.2, -0.15) is 26.3 Å². The fourth-order valence-corrected chi connectivity index (χ4v) is 293. The number of halogens is 6. The SMILES string of the molecule is CC(=O)N1CCC(CC(=O)N2CCN(C(c3ccc(C(F)(F)F)cc3)c3ccc(C(F)(F)F)cc3)C[C@@H]2C(C)C)CC1.S=S=S=S=S=S=S=S=S=S=S=S=S=S=S=S=S=S=S=S=S=S=S=S=S=S=S=S=S=S=S=S=S=S=S=S=S=S=S=S=S=S=S=S=S=S=S=S=S=S=S=S=S=S=S=S=S=S=S=S=S=S=S=S=S=S=S=S=S=S=S=S=S=S=S=S=S=S=S=S=S=S=S=S=S=S=S=S=S=S=S=S=S=S=S=S=S=S=S=S=S=S=S=S=S=S=S=S. The summed E-state index contributed by atoms with van der Waals surface area (Å²) in [6, 6.07) is 8.68. The molecule has 119 heteroatoms. The van der Waals surface area contributed by atoms with E-state index in [9.17, 15) is 35.9 Å². The van der Waals surface area contributed by atoms with Crippen LogP contribution in [0.25, 0.3) is 0 Å². The Morgan fingerprint density at radius 3 is 0.540 bits per heavy atom. The lowest BCUT2D eigenvalue weighted by atomic mass is 9.90. The van der Waals surface area contributed by atoms with Gasteiger partial charge in [0.25, 0.3) is 0 Å². The van der Waals surface area contributed by atoms with Crippen LogP contribution in [-0.2, 0) is 986 Å². The first-order valence-electron chi connectivity index (χ1n) is 32.1. The maximum atomic E-state index is 13.5. The van der Waals surface area contributed by atoms with Crippen molar-refractivity contribution in [3.63, 3.8) is 0 Å². The maximum Gasteiger partial charge on any atom is 0.416 e. The lowest BCUT2D eigenvalue weighted by Gasteiger charge is -2.47. The molecular formula is C31H37F6N3O2S108. The molecular weight excluding hydrogens is 4020 g/mol. The molecule has 4 rings (SSSR count). The van der Waals surface area contributed by atoms with Crippen molar-refractivity contribution in [3.8, 4) is 0 Å². The standard InChI is InChI=1S/C31H37F6N3O2.S108/c1-20(2)27-19-39(16-17-40(27)28(42)18-22-12-14-38(15-13-22)21(3)41)29(23-4-8-25(9-5-23)30(32,33)34)24-6-10-26(11-7-24)31(35,36)37;1-3-5-7-9-11-13-15-17-19-21-23-25-27-29-31-33-35-37-39-41-43-45-47-49-51-53-55-57-59-61-63-65-67-69-71-73-75-77-79-81-83-85-87-89-91-93-95-97-99-101-103-105-107-108-106-104-102-100-98-96-94-92-90-88-86-84-82-80-78-76-74-72-70-68-66-64-62-60-58-56-54-52-50-48-46-44-42-40-38-36-34-32-30-28-26-24-22-20-18-16-14-12-10-8-6-4-2/h4-11,20,22,27,29H,12-19H2,1-3H3;/t27-;/m1./s1. The molecule has 2 saturated heterocycles. The first kappa shape index (κ1) is 165. The fourth-order valence-electron chi connectivity index (χ4n) is 7.27. The normalized spacial score (nSPS) is 11.2. The minimum absolute atomic E-state index is 0.0337.